The van der Waals surface area contributed by atoms with Gasteiger partial charge in [0.25, 0.3) is 5.91 Å². The van der Waals surface area contributed by atoms with Gasteiger partial charge in [0.2, 0.25) is 5.91 Å². The van der Waals surface area contributed by atoms with Crippen molar-refractivity contribution in [1.82, 2.24) is 10.2 Å². The number of carbonyl (C=O) groups excluding carboxylic acids is 2. The van der Waals surface area contributed by atoms with Gasteiger partial charge in [-0.2, -0.15) is 0 Å². The molecule has 3 rings (SSSR count). The number of halogens is 1. The molecule has 1 aliphatic heterocycles. The quantitative estimate of drug-likeness (QED) is 0.606. The van der Waals surface area contributed by atoms with Gasteiger partial charge in [0, 0.05) is 24.0 Å². The maximum Gasteiger partial charge on any atom is 0.266 e. The first kappa shape index (κ1) is 18.4. The van der Waals surface area contributed by atoms with Crippen LogP contribution in [0.5, 0.6) is 0 Å². The second-order valence-electron chi connectivity index (χ2n) is 6.15. The minimum Gasteiger partial charge on any atom is -0.353 e. The van der Waals surface area contributed by atoms with Gasteiger partial charge in [0.05, 0.1) is 4.91 Å². The Kier molecular flexibility index (Phi) is 6.15. The summed E-state index contributed by atoms with van der Waals surface area (Å²) in [5.74, 6) is -0.181. The lowest BCUT2D eigenvalue weighted by atomic mass is 10.2. The van der Waals surface area contributed by atoms with Crippen molar-refractivity contribution < 1.29 is 9.59 Å². The van der Waals surface area contributed by atoms with Crippen LogP contribution in [0.1, 0.15) is 37.7 Å². The van der Waals surface area contributed by atoms with E-state index in [9.17, 15) is 9.59 Å². The first-order chi connectivity index (χ1) is 12.0. The Hall–Kier alpha value is -1.37. The van der Waals surface area contributed by atoms with Crippen molar-refractivity contribution in [2.24, 2.45) is 0 Å². The van der Waals surface area contributed by atoms with Crippen molar-refractivity contribution in [3.8, 4) is 0 Å². The van der Waals surface area contributed by atoms with Crippen molar-refractivity contribution in [2.75, 3.05) is 6.54 Å². The minimum atomic E-state index is -0.163. The molecular formula is C18H19ClN2O2S2. The highest BCUT2D eigenvalue weighted by molar-refractivity contribution is 8.26. The second-order valence-corrected chi connectivity index (χ2v) is 8.24. The topological polar surface area (TPSA) is 49.4 Å². The van der Waals surface area contributed by atoms with Crippen LogP contribution < -0.4 is 5.32 Å². The largest absolute Gasteiger partial charge is 0.353 e. The van der Waals surface area contributed by atoms with Crippen LogP contribution in [-0.2, 0) is 9.59 Å². The van der Waals surface area contributed by atoms with Crippen LogP contribution in [0, 0.1) is 0 Å². The second kappa shape index (κ2) is 8.34. The number of hydrogen-bond acceptors (Lipinski definition) is 4. The molecule has 2 amide bonds. The third kappa shape index (κ3) is 4.63. The van der Waals surface area contributed by atoms with Gasteiger partial charge in [-0.25, -0.2) is 0 Å². The monoisotopic (exact) mass is 394 g/mol. The highest BCUT2D eigenvalue weighted by Crippen LogP contribution is 2.33. The fourth-order valence-electron chi connectivity index (χ4n) is 3.01. The molecule has 1 N–H and O–H groups in total. The Morgan fingerprint density at radius 2 is 2.08 bits per heavy atom. The van der Waals surface area contributed by atoms with E-state index in [-0.39, 0.29) is 18.2 Å². The SMILES string of the molecule is O=C(CCN1C(=O)/C(=C\c2ccccc2Cl)SC1=S)NC1CCCC1. The Balaban J connectivity index is 1.59. The van der Waals surface area contributed by atoms with Gasteiger partial charge >= 0.3 is 0 Å². The van der Waals surface area contributed by atoms with Gasteiger partial charge in [0.15, 0.2) is 0 Å². The zero-order valence-electron chi connectivity index (χ0n) is 13.7. The Morgan fingerprint density at radius 1 is 1.36 bits per heavy atom. The molecule has 1 aliphatic carbocycles. The van der Waals surface area contributed by atoms with E-state index in [0.717, 1.165) is 18.4 Å². The average molecular weight is 395 g/mol. The molecular weight excluding hydrogens is 376 g/mol. The van der Waals surface area contributed by atoms with Crippen LogP contribution >= 0.6 is 35.6 Å². The van der Waals surface area contributed by atoms with E-state index < -0.39 is 0 Å². The molecule has 1 saturated carbocycles. The summed E-state index contributed by atoms with van der Waals surface area (Å²) in [6.07, 6.45) is 6.46. The van der Waals surface area contributed by atoms with E-state index in [0.29, 0.717) is 26.8 Å². The predicted molar refractivity (Wildman–Crippen MR) is 106 cm³/mol. The highest BCUT2D eigenvalue weighted by Gasteiger charge is 2.32. The summed E-state index contributed by atoms with van der Waals surface area (Å²) in [6.45, 7) is 0.309. The summed E-state index contributed by atoms with van der Waals surface area (Å²) in [5, 5.41) is 3.62. The molecule has 1 aromatic rings. The maximum atomic E-state index is 12.6. The predicted octanol–water partition coefficient (Wildman–Crippen LogP) is 3.99. The van der Waals surface area contributed by atoms with Gasteiger partial charge in [-0.1, -0.05) is 66.6 Å². The van der Waals surface area contributed by atoms with Crippen LogP contribution in [-0.4, -0.2) is 33.6 Å². The third-order valence-corrected chi connectivity index (χ3v) is 6.07. The van der Waals surface area contributed by atoms with Crippen molar-refractivity contribution >= 4 is 57.8 Å². The minimum absolute atomic E-state index is 0.0176. The Bertz CT molecular complexity index is 730. The molecule has 7 heteroatoms. The van der Waals surface area contributed by atoms with E-state index >= 15 is 0 Å². The third-order valence-electron chi connectivity index (χ3n) is 4.35. The van der Waals surface area contributed by atoms with Crippen LogP contribution in [0.3, 0.4) is 0 Å². The van der Waals surface area contributed by atoms with E-state index in [1.807, 2.05) is 18.2 Å². The van der Waals surface area contributed by atoms with E-state index in [1.54, 1.807) is 12.1 Å². The van der Waals surface area contributed by atoms with Crippen LogP contribution in [0.4, 0.5) is 0 Å². The lowest BCUT2D eigenvalue weighted by Crippen LogP contribution is -2.37. The first-order valence-electron chi connectivity index (χ1n) is 8.34. The Morgan fingerprint density at radius 3 is 2.80 bits per heavy atom. The van der Waals surface area contributed by atoms with E-state index in [2.05, 4.69) is 5.32 Å². The molecule has 0 bridgehead atoms. The number of rotatable bonds is 5. The van der Waals surface area contributed by atoms with Gasteiger partial charge in [0.1, 0.15) is 4.32 Å². The summed E-state index contributed by atoms with van der Waals surface area (Å²) >= 11 is 12.7. The molecule has 0 spiro atoms. The number of hydrogen-bond donors (Lipinski definition) is 1. The fraction of sp³-hybridized carbons (Fsp3) is 0.389. The lowest BCUT2D eigenvalue weighted by molar-refractivity contribution is -0.124. The van der Waals surface area contributed by atoms with Crippen molar-refractivity contribution in [1.29, 1.82) is 0 Å². The summed E-state index contributed by atoms with van der Waals surface area (Å²) in [4.78, 5) is 26.7. The number of amides is 2. The zero-order chi connectivity index (χ0) is 17.8. The van der Waals surface area contributed by atoms with Crippen LogP contribution in [0.15, 0.2) is 29.2 Å². The molecule has 132 valence electrons. The first-order valence-corrected chi connectivity index (χ1v) is 9.94. The Labute approximate surface area is 162 Å². The number of nitrogens with one attached hydrogen (secondary N) is 1. The van der Waals surface area contributed by atoms with Crippen molar-refractivity contribution in [3.05, 3.63) is 39.8 Å². The molecule has 0 atom stereocenters. The molecule has 2 aliphatic rings. The standard InChI is InChI=1S/C18H19ClN2O2S2/c19-14-8-4-1-5-12(14)11-15-17(23)21(18(24)25-15)10-9-16(22)20-13-6-2-3-7-13/h1,4-5,8,11,13H,2-3,6-7,9-10H2,(H,20,22)/b15-11+. The number of thiocarbonyl (C=S) groups is 1. The maximum absolute atomic E-state index is 12.6. The van der Waals surface area contributed by atoms with Gasteiger partial charge in [-0.05, 0) is 30.5 Å². The summed E-state index contributed by atoms with van der Waals surface area (Å²) in [5.41, 5.74) is 0.781. The fourth-order valence-corrected chi connectivity index (χ4v) is 4.50. The van der Waals surface area contributed by atoms with Crippen LogP contribution in [0.2, 0.25) is 5.02 Å². The highest BCUT2D eigenvalue weighted by atomic mass is 35.5. The zero-order valence-corrected chi connectivity index (χ0v) is 16.1. The van der Waals surface area contributed by atoms with Gasteiger partial charge in [-0.3, -0.25) is 14.5 Å². The normalized spacial score (nSPS) is 19.9. The van der Waals surface area contributed by atoms with Gasteiger partial charge < -0.3 is 5.32 Å². The van der Waals surface area contributed by atoms with Crippen molar-refractivity contribution in [2.45, 2.75) is 38.1 Å². The molecule has 1 aromatic carbocycles. The number of nitrogens with zero attached hydrogens (tertiary/aromatic N) is 1. The number of benzene rings is 1. The van der Waals surface area contributed by atoms with E-state index in [1.165, 1.54) is 29.5 Å². The number of thioether (sulfide) groups is 1. The summed E-state index contributed by atoms with van der Waals surface area (Å²) in [7, 11) is 0. The molecule has 2 fully saturated rings. The molecule has 0 aromatic heterocycles. The molecule has 4 nitrogen and oxygen atoms in total. The van der Waals surface area contributed by atoms with Gasteiger partial charge in [-0.15, -0.1) is 0 Å². The lowest BCUT2D eigenvalue weighted by Gasteiger charge is -2.16. The van der Waals surface area contributed by atoms with Crippen molar-refractivity contribution in [3.63, 3.8) is 0 Å². The summed E-state index contributed by atoms with van der Waals surface area (Å²) in [6, 6.07) is 7.63. The smallest absolute Gasteiger partial charge is 0.266 e. The molecule has 1 saturated heterocycles. The number of carbonyl (C=O) groups is 2. The molecule has 1 heterocycles. The molecule has 0 radical (unpaired) electrons. The summed E-state index contributed by atoms with van der Waals surface area (Å²) < 4.78 is 0.483. The average Bonchev–Trinajstić information content (AvgIpc) is 3.17. The van der Waals surface area contributed by atoms with Crippen LogP contribution in [0.25, 0.3) is 6.08 Å². The molecule has 25 heavy (non-hydrogen) atoms. The molecule has 0 unspecified atom stereocenters. The van der Waals surface area contributed by atoms with E-state index in [4.69, 9.17) is 23.8 Å².